The van der Waals surface area contributed by atoms with Crippen LogP contribution >= 0.6 is 0 Å². The topological polar surface area (TPSA) is 81.8 Å². The summed E-state index contributed by atoms with van der Waals surface area (Å²) in [6.07, 6.45) is 3.06. The summed E-state index contributed by atoms with van der Waals surface area (Å²) in [6, 6.07) is 14.9. The number of unbranched alkanes of at least 4 members (excludes halogenated alkanes) is 1. The minimum Gasteiger partial charge on any atom is -0.493 e. The average Bonchev–Trinajstić information content (AvgIpc) is 2.80. The van der Waals surface area contributed by atoms with Crippen LogP contribution in [0, 0.1) is 0 Å². The average molecular weight is 434 g/mol. The Hall–Kier alpha value is -3.38. The normalized spacial score (nSPS) is 11.4. The summed E-state index contributed by atoms with van der Waals surface area (Å²) < 4.78 is 18.1. The Balaban J connectivity index is 1.69. The van der Waals surface area contributed by atoms with E-state index in [2.05, 4.69) is 4.98 Å². The van der Waals surface area contributed by atoms with Gasteiger partial charge in [0.2, 0.25) is 0 Å². The summed E-state index contributed by atoms with van der Waals surface area (Å²) in [4.78, 5) is 17.2. The first-order valence-corrected chi connectivity index (χ1v) is 10.9. The predicted octanol–water partition coefficient (Wildman–Crippen LogP) is 5.19. The Labute approximate surface area is 186 Å². The quantitative estimate of drug-likeness (QED) is 0.366. The Kier molecular flexibility index (Phi) is 6.71. The van der Waals surface area contributed by atoms with Crippen LogP contribution in [0.5, 0.6) is 11.5 Å². The number of fused-ring (bicyclic) bond motifs is 2. The summed E-state index contributed by atoms with van der Waals surface area (Å²) in [5.74, 6) is 1.93. The number of pyridine rings is 1. The van der Waals surface area contributed by atoms with Crippen molar-refractivity contribution in [3.63, 3.8) is 0 Å². The first-order valence-electron chi connectivity index (χ1n) is 10.9. The lowest BCUT2D eigenvalue weighted by atomic mass is 10.1. The zero-order valence-corrected chi connectivity index (χ0v) is 18.3. The van der Waals surface area contributed by atoms with Crippen molar-refractivity contribution in [1.29, 1.82) is 0 Å². The Morgan fingerprint density at radius 3 is 2.69 bits per heavy atom. The summed E-state index contributed by atoms with van der Waals surface area (Å²) in [5, 5.41) is 10.4. The van der Waals surface area contributed by atoms with Crippen LogP contribution in [0.15, 0.2) is 63.9 Å². The van der Waals surface area contributed by atoms with Gasteiger partial charge in [-0.2, -0.15) is 0 Å². The van der Waals surface area contributed by atoms with Gasteiger partial charge in [0.25, 0.3) is 0 Å². The van der Waals surface area contributed by atoms with Crippen molar-refractivity contribution in [2.24, 2.45) is 0 Å². The number of hydrogen-bond acceptors (Lipinski definition) is 6. The van der Waals surface area contributed by atoms with Crippen molar-refractivity contribution < 1.29 is 19.0 Å². The minimum atomic E-state index is -0.125. The number of aromatic nitrogens is 1. The second-order valence-electron chi connectivity index (χ2n) is 8.03. The lowest BCUT2D eigenvalue weighted by Gasteiger charge is -2.14. The number of rotatable bonds is 9. The zero-order valence-electron chi connectivity index (χ0n) is 18.3. The molecule has 1 N–H and O–H groups in total. The number of aliphatic hydroxyl groups is 1. The van der Waals surface area contributed by atoms with E-state index in [9.17, 15) is 4.79 Å². The van der Waals surface area contributed by atoms with Gasteiger partial charge in [0, 0.05) is 30.2 Å². The smallest absolute Gasteiger partial charge is 0.196 e. The van der Waals surface area contributed by atoms with Gasteiger partial charge >= 0.3 is 0 Å². The lowest BCUT2D eigenvalue weighted by Crippen LogP contribution is -2.08. The van der Waals surface area contributed by atoms with Crippen molar-refractivity contribution in [3.05, 3.63) is 76.3 Å². The van der Waals surface area contributed by atoms with Crippen molar-refractivity contribution >= 4 is 21.9 Å². The van der Waals surface area contributed by atoms with Crippen LogP contribution in [-0.4, -0.2) is 23.3 Å². The molecule has 2 aromatic heterocycles. The largest absolute Gasteiger partial charge is 0.493 e. The molecule has 0 saturated carbocycles. The van der Waals surface area contributed by atoms with Crippen molar-refractivity contribution in [2.75, 3.05) is 13.2 Å². The maximum Gasteiger partial charge on any atom is 0.196 e. The molecule has 0 saturated heterocycles. The van der Waals surface area contributed by atoms with E-state index in [0.29, 0.717) is 41.9 Å². The van der Waals surface area contributed by atoms with E-state index in [-0.39, 0.29) is 24.6 Å². The Bertz CT molecular complexity index is 1270. The summed E-state index contributed by atoms with van der Waals surface area (Å²) in [5.41, 5.74) is 2.06. The van der Waals surface area contributed by atoms with Gasteiger partial charge in [-0.3, -0.25) is 9.78 Å². The maximum absolute atomic E-state index is 12.8. The molecule has 4 rings (SSSR count). The third-order valence-corrected chi connectivity index (χ3v) is 5.26. The molecule has 0 amide bonds. The molecule has 0 spiro atoms. The summed E-state index contributed by atoms with van der Waals surface area (Å²) >= 11 is 0. The summed E-state index contributed by atoms with van der Waals surface area (Å²) in [6.45, 7) is 4.76. The first kappa shape index (κ1) is 21.8. The minimum absolute atomic E-state index is 0.0871. The van der Waals surface area contributed by atoms with Crippen LogP contribution in [0.1, 0.15) is 43.9 Å². The second-order valence-corrected chi connectivity index (χ2v) is 8.03. The molecule has 32 heavy (non-hydrogen) atoms. The fourth-order valence-electron chi connectivity index (χ4n) is 3.56. The highest BCUT2D eigenvalue weighted by Gasteiger charge is 2.15. The lowest BCUT2D eigenvalue weighted by molar-refractivity contribution is 0.253. The molecule has 2 heterocycles. The van der Waals surface area contributed by atoms with Gasteiger partial charge in [0.1, 0.15) is 34.8 Å². The molecule has 0 radical (unpaired) electrons. The van der Waals surface area contributed by atoms with E-state index in [1.807, 2.05) is 56.3 Å². The number of para-hydroxylation sites is 1. The molecule has 0 aliphatic carbocycles. The molecular weight excluding hydrogens is 406 g/mol. The van der Waals surface area contributed by atoms with Gasteiger partial charge in [-0.15, -0.1) is 0 Å². The highest BCUT2D eigenvalue weighted by molar-refractivity contribution is 5.85. The van der Waals surface area contributed by atoms with E-state index in [1.54, 1.807) is 6.20 Å². The molecule has 0 unspecified atom stereocenters. The number of nitrogens with zero attached hydrogens (tertiary/aromatic N) is 1. The predicted molar refractivity (Wildman–Crippen MR) is 124 cm³/mol. The molecular formula is C26H27NO5. The molecule has 6 heteroatoms. The zero-order chi connectivity index (χ0) is 22.5. The van der Waals surface area contributed by atoms with E-state index >= 15 is 0 Å². The number of ether oxygens (including phenoxy) is 2. The van der Waals surface area contributed by atoms with Crippen LogP contribution in [0.25, 0.3) is 21.9 Å². The standard InChI is InChI=1S/C26H27NO5/c1-17(2)23-15-21(29)26-24(30-12-6-5-11-28)13-18(14-25(26)32-23)16-31-22-9-10-27-20-8-4-3-7-19(20)22/h3-4,7-10,13-15,17,28H,5-6,11-12,16H2,1-2H3. The SMILES string of the molecule is CC(C)c1cc(=O)c2c(OCCCCO)cc(COc3ccnc4ccccc34)cc2o1. The Morgan fingerprint density at radius 2 is 1.88 bits per heavy atom. The van der Waals surface area contributed by atoms with Crippen LogP contribution in [0.2, 0.25) is 0 Å². The molecule has 4 aromatic rings. The van der Waals surface area contributed by atoms with E-state index in [1.165, 1.54) is 6.07 Å². The van der Waals surface area contributed by atoms with Crippen molar-refractivity contribution in [3.8, 4) is 11.5 Å². The number of hydrogen-bond donors (Lipinski definition) is 1. The van der Waals surface area contributed by atoms with Gasteiger partial charge in [-0.1, -0.05) is 26.0 Å². The molecule has 0 aliphatic heterocycles. The van der Waals surface area contributed by atoms with Crippen molar-refractivity contribution in [2.45, 2.75) is 39.2 Å². The molecule has 0 atom stereocenters. The van der Waals surface area contributed by atoms with Crippen LogP contribution in [0.4, 0.5) is 0 Å². The third-order valence-electron chi connectivity index (χ3n) is 5.26. The van der Waals surface area contributed by atoms with Crippen LogP contribution in [-0.2, 0) is 6.61 Å². The molecule has 0 bridgehead atoms. The van der Waals surface area contributed by atoms with Gasteiger partial charge in [-0.05, 0) is 48.7 Å². The van der Waals surface area contributed by atoms with Crippen LogP contribution < -0.4 is 14.9 Å². The highest BCUT2D eigenvalue weighted by Crippen LogP contribution is 2.30. The number of aliphatic hydroxyl groups excluding tert-OH is 1. The van der Waals surface area contributed by atoms with Gasteiger partial charge in [-0.25, -0.2) is 0 Å². The van der Waals surface area contributed by atoms with Gasteiger partial charge < -0.3 is 19.0 Å². The van der Waals surface area contributed by atoms with Crippen molar-refractivity contribution in [1.82, 2.24) is 4.98 Å². The molecule has 0 aliphatic rings. The fourth-order valence-corrected chi connectivity index (χ4v) is 3.56. The molecule has 2 aromatic carbocycles. The molecule has 166 valence electrons. The van der Waals surface area contributed by atoms with E-state index < -0.39 is 0 Å². The fraction of sp³-hybridized carbons (Fsp3) is 0.308. The van der Waals surface area contributed by atoms with Gasteiger partial charge in [0.15, 0.2) is 5.43 Å². The molecule has 0 fully saturated rings. The Morgan fingerprint density at radius 1 is 1.03 bits per heavy atom. The number of benzene rings is 2. The highest BCUT2D eigenvalue weighted by atomic mass is 16.5. The van der Waals surface area contributed by atoms with E-state index in [0.717, 1.165) is 22.2 Å². The monoisotopic (exact) mass is 433 g/mol. The maximum atomic E-state index is 12.8. The van der Waals surface area contributed by atoms with Crippen LogP contribution in [0.3, 0.4) is 0 Å². The summed E-state index contributed by atoms with van der Waals surface area (Å²) in [7, 11) is 0. The second kappa shape index (κ2) is 9.83. The van der Waals surface area contributed by atoms with E-state index in [4.69, 9.17) is 19.0 Å². The third kappa shape index (κ3) is 4.75. The van der Waals surface area contributed by atoms with Gasteiger partial charge in [0.05, 0.1) is 12.1 Å². The molecule has 6 nitrogen and oxygen atoms in total. The first-order chi connectivity index (χ1) is 15.6.